The molecule has 2 heterocycles. The molecule has 0 aliphatic rings. The maximum absolute atomic E-state index is 11.2. The monoisotopic (exact) mass is 292 g/mol. The fourth-order valence-electron chi connectivity index (χ4n) is 1.41. The maximum atomic E-state index is 11.2. The van der Waals surface area contributed by atoms with E-state index in [2.05, 4.69) is 19.7 Å². The fraction of sp³-hybridized carbons (Fsp3) is 0.167. The lowest BCUT2D eigenvalue weighted by atomic mass is 10.2. The van der Waals surface area contributed by atoms with Crippen LogP contribution in [0.4, 0.5) is 5.82 Å². The number of pyridine rings is 1. The number of nitrogens with two attached hydrogens (primary N) is 1. The van der Waals surface area contributed by atoms with Gasteiger partial charge in [0.1, 0.15) is 5.82 Å². The first kappa shape index (κ1) is 14.1. The molecule has 0 saturated heterocycles. The van der Waals surface area contributed by atoms with Crippen LogP contribution in [-0.4, -0.2) is 28.0 Å². The average molecular weight is 292 g/mol. The summed E-state index contributed by atoms with van der Waals surface area (Å²) >= 11 is 1.30. The molecule has 20 heavy (non-hydrogen) atoms. The van der Waals surface area contributed by atoms with Crippen LogP contribution in [0.3, 0.4) is 0 Å². The number of hydrogen-bond donors (Lipinski definition) is 2. The first-order valence-electron chi connectivity index (χ1n) is 5.61. The molecule has 2 aromatic rings. The predicted molar refractivity (Wildman–Crippen MR) is 74.4 cm³/mol. The number of H-pyrrole nitrogens is 1. The van der Waals surface area contributed by atoms with Crippen LogP contribution in [0.25, 0.3) is 0 Å². The summed E-state index contributed by atoms with van der Waals surface area (Å²) < 4.78 is 4.58. The number of aromatic nitrogens is 3. The minimum absolute atomic E-state index is 0.172. The number of thioether (sulfide) groups is 1. The molecule has 3 N–H and O–H groups in total. The van der Waals surface area contributed by atoms with E-state index in [-0.39, 0.29) is 11.4 Å². The SMILES string of the molecule is COC(=O)c1ccc(CSc2nc(N)cc(=O)[nH]2)nc1. The van der Waals surface area contributed by atoms with Crippen LogP contribution >= 0.6 is 11.8 Å². The topological polar surface area (TPSA) is 111 Å². The molecular formula is C12H12N4O3S. The minimum atomic E-state index is -0.432. The molecule has 0 unspecified atom stereocenters. The summed E-state index contributed by atoms with van der Waals surface area (Å²) in [5.41, 5.74) is 6.32. The van der Waals surface area contributed by atoms with E-state index in [0.29, 0.717) is 16.5 Å². The zero-order valence-electron chi connectivity index (χ0n) is 10.6. The summed E-state index contributed by atoms with van der Waals surface area (Å²) in [4.78, 5) is 33.2. The molecule has 0 saturated carbocycles. The molecule has 7 nitrogen and oxygen atoms in total. The van der Waals surface area contributed by atoms with Gasteiger partial charge in [-0.1, -0.05) is 11.8 Å². The zero-order valence-corrected chi connectivity index (χ0v) is 11.4. The predicted octanol–water partition coefficient (Wildman–Crippen LogP) is 0.826. The molecule has 2 aromatic heterocycles. The highest BCUT2D eigenvalue weighted by molar-refractivity contribution is 7.98. The Bertz CT molecular complexity index is 669. The number of nitrogen functional groups attached to an aromatic ring is 1. The third-order valence-corrected chi connectivity index (χ3v) is 3.25. The van der Waals surface area contributed by atoms with Crippen LogP contribution in [-0.2, 0) is 10.5 Å². The van der Waals surface area contributed by atoms with Crippen molar-refractivity contribution in [3.8, 4) is 0 Å². The van der Waals surface area contributed by atoms with Crippen LogP contribution in [0.15, 0.2) is 34.3 Å². The Morgan fingerprint density at radius 1 is 1.50 bits per heavy atom. The lowest BCUT2D eigenvalue weighted by molar-refractivity contribution is 0.0600. The lowest BCUT2D eigenvalue weighted by Gasteiger charge is -2.03. The summed E-state index contributed by atoms with van der Waals surface area (Å²) in [6, 6.07) is 4.56. The van der Waals surface area contributed by atoms with Crippen molar-refractivity contribution in [2.45, 2.75) is 10.9 Å². The molecule has 0 aromatic carbocycles. The smallest absolute Gasteiger partial charge is 0.339 e. The molecule has 0 fully saturated rings. The number of esters is 1. The van der Waals surface area contributed by atoms with Gasteiger partial charge in [-0.15, -0.1) is 0 Å². The number of ether oxygens (including phenoxy) is 1. The van der Waals surface area contributed by atoms with Gasteiger partial charge in [0.05, 0.1) is 18.4 Å². The molecule has 2 rings (SSSR count). The van der Waals surface area contributed by atoms with E-state index in [1.807, 2.05) is 0 Å². The van der Waals surface area contributed by atoms with Crippen LogP contribution in [0.5, 0.6) is 0 Å². The highest BCUT2D eigenvalue weighted by Gasteiger charge is 2.06. The molecule has 0 amide bonds. The highest BCUT2D eigenvalue weighted by Crippen LogP contribution is 2.17. The summed E-state index contributed by atoms with van der Waals surface area (Å²) in [5, 5.41) is 0.425. The van der Waals surface area contributed by atoms with Crippen molar-refractivity contribution in [3.63, 3.8) is 0 Å². The van der Waals surface area contributed by atoms with Gasteiger partial charge in [-0.2, -0.15) is 0 Å². The second kappa shape index (κ2) is 6.20. The van der Waals surface area contributed by atoms with Gasteiger partial charge in [0.2, 0.25) is 0 Å². The molecule has 0 bridgehead atoms. The number of nitrogens with zero attached hydrogens (tertiary/aromatic N) is 2. The Balaban J connectivity index is 2.03. The van der Waals surface area contributed by atoms with Gasteiger partial charge in [-0.05, 0) is 12.1 Å². The number of hydrogen-bond acceptors (Lipinski definition) is 7. The van der Waals surface area contributed by atoms with Gasteiger partial charge in [0.15, 0.2) is 5.16 Å². The lowest BCUT2D eigenvalue weighted by Crippen LogP contribution is -2.09. The maximum Gasteiger partial charge on any atom is 0.339 e. The molecule has 0 radical (unpaired) electrons. The van der Waals surface area contributed by atoms with E-state index in [4.69, 9.17) is 5.73 Å². The zero-order chi connectivity index (χ0) is 14.5. The van der Waals surface area contributed by atoms with Crippen molar-refractivity contribution in [1.29, 1.82) is 0 Å². The molecular weight excluding hydrogens is 280 g/mol. The first-order valence-corrected chi connectivity index (χ1v) is 6.60. The highest BCUT2D eigenvalue weighted by atomic mass is 32.2. The number of carbonyl (C=O) groups is 1. The fourth-order valence-corrected chi connectivity index (χ4v) is 2.21. The van der Waals surface area contributed by atoms with Crippen LogP contribution in [0, 0.1) is 0 Å². The van der Waals surface area contributed by atoms with Crippen molar-refractivity contribution in [2.75, 3.05) is 12.8 Å². The Labute approximate surface area is 118 Å². The van der Waals surface area contributed by atoms with Crippen molar-refractivity contribution in [3.05, 3.63) is 46.0 Å². The van der Waals surface area contributed by atoms with Crippen molar-refractivity contribution in [1.82, 2.24) is 15.0 Å². The van der Waals surface area contributed by atoms with E-state index in [9.17, 15) is 9.59 Å². The van der Waals surface area contributed by atoms with Gasteiger partial charge in [-0.3, -0.25) is 9.78 Å². The van der Waals surface area contributed by atoms with Crippen LogP contribution < -0.4 is 11.3 Å². The van der Waals surface area contributed by atoms with Gasteiger partial charge in [0.25, 0.3) is 5.56 Å². The molecule has 0 spiro atoms. The Morgan fingerprint density at radius 2 is 2.30 bits per heavy atom. The average Bonchev–Trinajstić information content (AvgIpc) is 2.44. The van der Waals surface area contributed by atoms with Crippen LogP contribution in [0.1, 0.15) is 16.1 Å². The molecule has 8 heteroatoms. The van der Waals surface area contributed by atoms with Gasteiger partial charge >= 0.3 is 5.97 Å². The van der Waals surface area contributed by atoms with E-state index >= 15 is 0 Å². The van der Waals surface area contributed by atoms with Crippen molar-refractivity contribution >= 4 is 23.5 Å². The minimum Gasteiger partial charge on any atom is -0.465 e. The standard InChI is InChI=1S/C12H12N4O3S/c1-19-11(18)7-2-3-8(14-5-7)6-20-12-15-9(13)4-10(17)16-12/h2-5H,6H2,1H3,(H3,13,15,16,17). The largest absolute Gasteiger partial charge is 0.465 e. The summed E-state index contributed by atoms with van der Waals surface area (Å²) in [5.74, 6) is 0.234. The number of nitrogens with one attached hydrogen (secondary N) is 1. The van der Waals surface area contributed by atoms with E-state index in [0.717, 1.165) is 5.69 Å². The summed E-state index contributed by atoms with van der Waals surface area (Å²) in [6.07, 6.45) is 1.44. The molecule has 0 aliphatic heterocycles. The summed E-state index contributed by atoms with van der Waals surface area (Å²) in [6.45, 7) is 0. The third kappa shape index (κ3) is 3.58. The van der Waals surface area contributed by atoms with Gasteiger partial charge in [0, 0.05) is 18.0 Å². The number of aromatic amines is 1. The number of rotatable bonds is 4. The normalized spacial score (nSPS) is 10.2. The second-order valence-corrected chi connectivity index (χ2v) is 4.76. The molecule has 0 atom stereocenters. The van der Waals surface area contributed by atoms with E-state index in [1.54, 1.807) is 12.1 Å². The molecule has 0 aliphatic carbocycles. The molecule has 104 valence electrons. The van der Waals surface area contributed by atoms with Crippen LogP contribution in [0.2, 0.25) is 0 Å². The van der Waals surface area contributed by atoms with Gasteiger partial charge in [-0.25, -0.2) is 9.78 Å². The Morgan fingerprint density at radius 3 is 2.90 bits per heavy atom. The van der Waals surface area contributed by atoms with Gasteiger partial charge < -0.3 is 15.5 Å². The Hall–Kier alpha value is -2.35. The second-order valence-electron chi connectivity index (χ2n) is 3.79. The number of anilines is 1. The quantitative estimate of drug-likeness (QED) is 0.487. The van der Waals surface area contributed by atoms with Crippen molar-refractivity contribution < 1.29 is 9.53 Å². The van der Waals surface area contributed by atoms with E-state index < -0.39 is 5.97 Å². The third-order valence-electron chi connectivity index (χ3n) is 2.34. The summed E-state index contributed by atoms with van der Waals surface area (Å²) in [7, 11) is 1.31. The first-order chi connectivity index (χ1) is 9.58. The van der Waals surface area contributed by atoms with Crippen molar-refractivity contribution in [2.24, 2.45) is 0 Å². The number of carbonyl (C=O) groups excluding carboxylic acids is 1. The number of methoxy groups -OCH3 is 1. The Kier molecular flexibility index (Phi) is 4.36. The van der Waals surface area contributed by atoms with E-state index in [1.165, 1.54) is 31.1 Å².